The van der Waals surface area contributed by atoms with E-state index in [-0.39, 0.29) is 12.4 Å². The lowest BCUT2D eigenvalue weighted by Crippen LogP contribution is -2.20. The molecule has 0 fully saturated rings. The second-order valence-electron chi connectivity index (χ2n) is 3.27. The fraction of sp³-hybridized carbons (Fsp3) is 0.400. The van der Waals surface area contributed by atoms with Crippen LogP contribution in [0.1, 0.15) is 5.56 Å². The predicted molar refractivity (Wildman–Crippen MR) is 60.6 cm³/mol. The molecule has 1 rings (SSSR count). The van der Waals surface area contributed by atoms with Gasteiger partial charge in [0.05, 0.1) is 26.1 Å². The first-order valence-corrected chi connectivity index (χ1v) is 6.44. The van der Waals surface area contributed by atoms with Gasteiger partial charge in [-0.15, -0.1) is 0 Å². The summed E-state index contributed by atoms with van der Waals surface area (Å²) in [5.74, 6) is 0.608. The van der Waals surface area contributed by atoms with Crippen LogP contribution in [0.25, 0.3) is 0 Å². The third-order valence-electron chi connectivity index (χ3n) is 1.94. The van der Waals surface area contributed by atoms with Crippen LogP contribution in [-0.2, 0) is 21.4 Å². The fourth-order valence-electron chi connectivity index (χ4n) is 1.09. The Balaban J connectivity index is 2.32. The van der Waals surface area contributed by atoms with Crippen molar-refractivity contribution in [2.45, 2.75) is 6.61 Å². The minimum absolute atomic E-state index is 0.102. The van der Waals surface area contributed by atoms with E-state index in [0.717, 1.165) is 11.3 Å². The number of hydrogen-bond donors (Lipinski definition) is 1. The van der Waals surface area contributed by atoms with Crippen molar-refractivity contribution in [3.8, 4) is 5.75 Å². The third kappa shape index (κ3) is 5.11. The summed E-state index contributed by atoms with van der Waals surface area (Å²) in [7, 11) is -1.84. The lowest BCUT2D eigenvalue weighted by Gasteiger charge is -2.04. The van der Waals surface area contributed by atoms with Gasteiger partial charge in [-0.05, 0) is 17.7 Å². The van der Waals surface area contributed by atoms with E-state index in [1.54, 1.807) is 7.11 Å². The molecule has 16 heavy (non-hydrogen) atoms. The molecular weight excluding hydrogens is 230 g/mol. The largest absolute Gasteiger partial charge is 0.497 e. The summed E-state index contributed by atoms with van der Waals surface area (Å²) in [5.41, 5.74) is 0.954. The van der Waals surface area contributed by atoms with Crippen molar-refractivity contribution in [2.24, 2.45) is 5.14 Å². The van der Waals surface area contributed by atoms with Crippen LogP contribution in [0.5, 0.6) is 5.75 Å². The summed E-state index contributed by atoms with van der Waals surface area (Å²) in [5, 5.41) is 4.83. The molecule has 0 atom stereocenters. The van der Waals surface area contributed by atoms with Crippen LogP contribution in [0.2, 0.25) is 0 Å². The molecule has 5 nitrogen and oxygen atoms in total. The molecular formula is C10H15NO4S. The Bertz CT molecular complexity index is 413. The molecule has 6 heteroatoms. The van der Waals surface area contributed by atoms with Gasteiger partial charge in [-0.25, -0.2) is 13.6 Å². The normalized spacial score (nSPS) is 11.4. The molecule has 1 aromatic rings. The summed E-state index contributed by atoms with van der Waals surface area (Å²) >= 11 is 0. The van der Waals surface area contributed by atoms with Crippen LogP contribution in [-0.4, -0.2) is 27.9 Å². The first-order valence-electron chi connectivity index (χ1n) is 4.72. The van der Waals surface area contributed by atoms with E-state index < -0.39 is 10.0 Å². The van der Waals surface area contributed by atoms with Crippen LogP contribution in [0.15, 0.2) is 24.3 Å². The number of primary sulfonamides is 1. The summed E-state index contributed by atoms with van der Waals surface area (Å²) in [6.07, 6.45) is 0. The van der Waals surface area contributed by atoms with Crippen molar-refractivity contribution in [1.82, 2.24) is 0 Å². The van der Waals surface area contributed by atoms with Crippen LogP contribution >= 0.6 is 0 Å². The zero-order chi connectivity index (χ0) is 12.0. The molecule has 0 saturated heterocycles. The van der Waals surface area contributed by atoms with Crippen molar-refractivity contribution in [3.63, 3.8) is 0 Å². The van der Waals surface area contributed by atoms with E-state index >= 15 is 0 Å². The second kappa shape index (κ2) is 5.83. The zero-order valence-electron chi connectivity index (χ0n) is 9.05. The Morgan fingerprint density at radius 3 is 2.38 bits per heavy atom. The van der Waals surface area contributed by atoms with Gasteiger partial charge < -0.3 is 9.47 Å². The molecule has 2 N–H and O–H groups in total. The molecule has 0 radical (unpaired) electrons. The molecule has 0 heterocycles. The molecule has 0 saturated carbocycles. The van der Waals surface area contributed by atoms with Crippen molar-refractivity contribution >= 4 is 10.0 Å². The van der Waals surface area contributed by atoms with E-state index in [1.807, 2.05) is 24.3 Å². The quantitative estimate of drug-likeness (QED) is 0.740. The topological polar surface area (TPSA) is 78.6 Å². The van der Waals surface area contributed by atoms with Gasteiger partial charge in [0.1, 0.15) is 5.75 Å². The second-order valence-corrected chi connectivity index (χ2v) is 5.00. The molecule has 1 aromatic carbocycles. The zero-order valence-corrected chi connectivity index (χ0v) is 9.87. The highest BCUT2D eigenvalue weighted by molar-refractivity contribution is 7.89. The van der Waals surface area contributed by atoms with Crippen molar-refractivity contribution in [3.05, 3.63) is 29.8 Å². The van der Waals surface area contributed by atoms with Gasteiger partial charge >= 0.3 is 0 Å². The third-order valence-corrected chi connectivity index (χ3v) is 2.68. The monoisotopic (exact) mass is 245 g/mol. The molecule has 0 aliphatic rings. The first-order chi connectivity index (χ1) is 7.51. The Morgan fingerprint density at radius 1 is 1.25 bits per heavy atom. The number of sulfonamides is 1. The smallest absolute Gasteiger partial charge is 0.211 e. The predicted octanol–water partition coefficient (Wildman–Crippen LogP) is 0.500. The summed E-state index contributed by atoms with van der Waals surface area (Å²) < 4.78 is 31.4. The van der Waals surface area contributed by atoms with Gasteiger partial charge in [-0.3, -0.25) is 0 Å². The minimum Gasteiger partial charge on any atom is -0.497 e. The molecule has 0 amide bonds. The number of methoxy groups -OCH3 is 1. The number of rotatable bonds is 6. The maximum absolute atomic E-state index is 10.6. The summed E-state index contributed by atoms with van der Waals surface area (Å²) in [4.78, 5) is 0. The van der Waals surface area contributed by atoms with Gasteiger partial charge in [0, 0.05) is 0 Å². The maximum Gasteiger partial charge on any atom is 0.211 e. The average molecular weight is 245 g/mol. The van der Waals surface area contributed by atoms with E-state index in [9.17, 15) is 8.42 Å². The van der Waals surface area contributed by atoms with Crippen LogP contribution < -0.4 is 9.88 Å². The Morgan fingerprint density at radius 2 is 1.88 bits per heavy atom. The SMILES string of the molecule is COc1ccc(COCCS(N)(=O)=O)cc1. The lowest BCUT2D eigenvalue weighted by molar-refractivity contribution is 0.135. The molecule has 90 valence electrons. The van der Waals surface area contributed by atoms with Crippen molar-refractivity contribution in [2.75, 3.05) is 19.5 Å². The summed E-state index contributed by atoms with van der Waals surface area (Å²) in [6, 6.07) is 7.35. The highest BCUT2D eigenvalue weighted by Crippen LogP contribution is 2.11. The average Bonchev–Trinajstić information content (AvgIpc) is 2.24. The first kappa shape index (κ1) is 13.0. The molecule has 0 aliphatic heterocycles. The van der Waals surface area contributed by atoms with E-state index in [1.165, 1.54) is 0 Å². The molecule has 0 aliphatic carbocycles. The number of benzene rings is 1. The van der Waals surface area contributed by atoms with Gasteiger partial charge in [0.25, 0.3) is 0 Å². The van der Waals surface area contributed by atoms with E-state index in [2.05, 4.69) is 0 Å². The van der Waals surface area contributed by atoms with Crippen molar-refractivity contribution < 1.29 is 17.9 Å². The van der Waals surface area contributed by atoms with Gasteiger partial charge in [-0.2, -0.15) is 0 Å². The van der Waals surface area contributed by atoms with Gasteiger partial charge in [0.15, 0.2) is 0 Å². The van der Waals surface area contributed by atoms with Gasteiger partial charge in [-0.1, -0.05) is 12.1 Å². The van der Waals surface area contributed by atoms with E-state index in [0.29, 0.717) is 6.61 Å². The van der Waals surface area contributed by atoms with Crippen LogP contribution in [0.4, 0.5) is 0 Å². The Kier molecular flexibility index (Phi) is 4.72. The number of hydrogen-bond acceptors (Lipinski definition) is 4. The van der Waals surface area contributed by atoms with Crippen molar-refractivity contribution in [1.29, 1.82) is 0 Å². The van der Waals surface area contributed by atoms with Gasteiger partial charge in [0.2, 0.25) is 10.0 Å². The number of nitrogens with two attached hydrogens (primary N) is 1. The minimum atomic E-state index is -3.43. The van der Waals surface area contributed by atoms with Crippen LogP contribution in [0, 0.1) is 0 Å². The van der Waals surface area contributed by atoms with E-state index in [4.69, 9.17) is 14.6 Å². The standard InChI is InChI=1S/C10H15NO4S/c1-14-10-4-2-9(3-5-10)8-15-6-7-16(11,12)13/h2-5H,6-8H2,1H3,(H2,11,12,13). The van der Waals surface area contributed by atoms with Crippen LogP contribution in [0.3, 0.4) is 0 Å². The Hall–Kier alpha value is -1.11. The highest BCUT2D eigenvalue weighted by atomic mass is 32.2. The molecule has 0 bridgehead atoms. The number of ether oxygens (including phenoxy) is 2. The Labute approximate surface area is 95.2 Å². The highest BCUT2D eigenvalue weighted by Gasteiger charge is 2.02. The summed E-state index contributed by atoms with van der Waals surface area (Å²) in [6.45, 7) is 0.463. The lowest BCUT2D eigenvalue weighted by atomic mass is 10.2. The fourth-order valence-corrected chi connectivity index (χ4v) is 1.44. The molecule has 0 aromatic heterocycles. The maximum atomic E-state index is 10.6. The molecule has 0 unspecified atom stereocenters. The molecule has 0 spiro atoms.